The summed E-state index contributed by atoms with van der Waals surface area (Å²) in [6, 6.07) is 0. The molecule has 0 aliphatic heterocycles. The number of carbonyl (C=O) groups excluding carboxylic acids is 1. The van der Waals surface area contributed by atoms with Crippen molar-refractivity contribution in [3.63, 3.8) is 0 Å². The van der Waals surface area contributed by atoms with E-state index >= 15 is 0 Å². The van der Waals surface area contributed by atoms with E-state index in [0.29, 0.717) is 42.8 Å². The van der Waals surface area contributed by atoms with Crippen LogP contribution in [0.15, 0.2) is 4.52 Å². The fourth-order valence-corrected chi connectivity index (χ4v) is 2.98. The second-order valence-electron chi connectivity index (χ2n) is 5.43. The minimum Gasteiger partial charge on any atom is -0.465 e. The molecule has 0 aromatic carbocycles. The van der Waals surface area contributed by atoms with Crippen molar-refractivity contribution in [2.45, 2.75) is 58.6 Å². The first-order valence-corrected chi connectivity index (χ1v) is 8.73. The Bertz CT molecular complexity index is 442. The highest BCUT2D eigenvalue weighted by Gasteiger charge is 2.43. The Morgan fingerprint density at radius 1 is 1.33 bits per heavy atom. The molecule has 0 saturated heterocycles. The molecule has 1 rings (SSSR count). The molecule has 1 aromatic rings. The van der Waals surface area contributed by atoms with E-state index in [9.17, 15) is 4.79 Å². The zero-order valence-electron chi connectivity index (χ0n) is 13.6. The van der Waals surface area contributed by atoms with Crippen LogP contribution < -0.4 is 0 Å². The molecule has 1 aromatic heterocycles. The molecule has 0 bridgehead atoms. The topological polar surface area (TPSA) is 65.2 Å². The maximum Gasteiger partial charge on any atom is 0.321 e. The second-order valence-corrected chi connectivity index (χ2v) is 6.46. The van der Waals surface area contributed by atoms with E-state index in [4.69, 9.17) is 9.26 Å². The van der Waals surface area contributed by atoms with Gasteiger partial charge in [0.2, 0.25) is 5.89 Å². The summed E-state index contributed by atoms with van der Waals surface area (Å²) in [6.45, 7) is 10.4. The highest BCUT2D eigenvalue weighted by molar-refractivity contribution is 7.98. The minimum atomic E-state index is -0.816. The van der Waals surface area contributed by atoms with Gasteiger partial charge in [-0.1, -0.05) is 32.9 Å². The molecule has 0 atom stereocenters. The number of ether oxygens (including phenoxy) is 1. The summed E-state index contributed by atoms with van der Waals surface area (Å²) in [4.78, 5) is 16.7. The molecule has 0 aliphatic rings. The van der Waals surface area contributed by atoms with Crippen molar-refractivity contribution in [1.82, 2.24) is 10.1 Å². The normalized spacial score (nSPS) is 11.9. The van der Waals surface area contributed by atoms with Gasteiger partial charge < -0.3 is 9.26 Å². The molecule has 0 spiro atoms. The fraction of sp³-hybridized carbons (Fsp3) is 0.800. The third-order valence-corrected chi connectivity index (χ3v) is 4.80. The Labute approximate surface area is 131 Å². The largest absolute Gasteiger partial charge is 0.465 e. The standard InChI is InChI=1S/C15H26N2O3S/c1-6-15(7-2,14(18)19-8-3)13-16-12(17-20-13)10-21-9-11(4)5/h11H,6-10H2,1-5H3. The molecule has 6 heteroatoms. The van der Waals surface area contributed by atoms with Crippen LogP contribution in [0.4, 0.5) is 0 Å². The second kappa shape index (κ2) is 8.41. The van der Waals surface area contributed by atoms with Gasteiger partial charge in [0, 0.05) is 0 Å². The summed E-state index contributed by atoms with van der Waals surface area (Å²) in [6.07, 6.45) is 1.17. The van der Waals surface area contributed by atoms with Crippen molar-refractivity contribution in [2.24, 2.45) is 5.92 Å². The van der Waals surface area contributed by atoms with Gasteiger partial charge in [-0.3, -0.25) is 4.79 Å². The van der Waals surface area contributed by atoms with Crippen LogP contribution in [0.1, 0.15) is 59.2 Å². The average molecular weight is 314 g/mol. The first kappa shape index (κ1) is 18.0. The van der Waals surface area contributed by atoms with Crippen molar-refractivity contribution in [1.29, 1.82) is 0 Å². The monoisotopic (exact) mass is 314 g/mol. The molecule has 120 valence electrons. The van der Waals surface area contributed by atoms with Crippen LogP contribution in [0.2, 0.25) is 0 Å². The van der Waals surface area contributed by atoms with Gasteiger partial charge in [-0.15, -0.1) is 0 Å². The molecule has 0 aliphatic carbocycles. The number of rotatable bonds is 9. The summed E-state index contributed by atoms with van der Waals surface area (Å²) >= 11 is 1.77. The predicted molar refractivity (Wildman–Crippen MR) is 84.2 cm³/mol. The quantitative estimate of drug-likeness (QED) is 0.649. The van der Waals surface area contributed by atoms with Crippen LogP contribution in [-0.4, -0.2) is 28.5 Å². The summed E-state index contributed by atoms with van der Waals surface area (Å²) in [7, 11) is 0. The maximum absolute atomic E-state index is 12.3. The lowest BCUT2D eigenvalue weighted by molar-refractivity contribution is -0.151. The summed E-state index contributed by atoms with van der Waals surface area (Å²) in [5.41, 5.74) is -0.816. The van der Waals surface area contributed by atoms with Crippen molar-refractivity contribution >= 4 is 17.7 Å². The lowest BCUT2D eigenvalue weighted by Gasteiger charge is -2.24. The Balaban J connectivity index is 2.85. The first-order chi connectivity index (χ1) is 10.00. The lowest BCUT2D eigenvalue weighted by Crippen LogP contribution is -2.36. The third-order valence-electron chi connectivity index (χ3n) is 3.43. The lowest BCUT2D eigenvalue weighted by atomic mass is 9.82. The van der Waals surface area contributed by atoms with Crippen LogP contribution in [0, 0.1) is 5.92 Å². The maximum atomic E-state index is 12.3. The van der Waals surface area contributed by atoms with Crippen molar-refractivity contribution < 1.29 is 14.1 Å². The van der Waals surface area contributed by atoms with Gasteiger partial charge in [0.05, 0.1) is 12.4 Å². The zero-order chi connectivity index (χ0) is 15.9. The Hall–Kier alpha value is -1.04. The zero-order valence-corrected chi connectivity index (χ0v) is 14.5. The van der Waals surface area contributed by atoms with E-state index in [2.05, 4.69) is 24.0 Å². The number of hydrogen-bond donors (Lipinski definition) is 0. The SMILES string of the molecule is CCOC(=O)C(CC)(CC)c1nc(CSCC(C)C)no1. The van der Waals surface area contributed by atoms with Gasteiger partial charge in [-0.05, 0) is 31.4 Å². The Morgan fingerprint density at radius 2 is 2.00 bits per heavy atom. The molecule has 0 radical (unpaired) electrons. The number of carbonyl (C=O) groups is 1. The van der Waals surface area contributed by atoms with E-state index in [1.54, 1.807) is 18.7 Å². The summed E-state index contributed by atoms with van der Waals surface area (Å²) in [5.74, 6) is 3.13. The van der Waals surface area contributed by atoms with Crippen LogP contribution in [0.25, 0.3) is 0 Å². The van der Waals surface area contributed by atoms with Crippen molar-refractivity contribution in [3.05, 3.63) is 11.7 Å². The van der Waals surface area contributed by atoms with E-state index in [1.807, 2.05) is 13.8 Å². The van der Waals surface area contributed by atoms with Gasteiger partial charge in [-0.25, -0.2) is 0 Å². The summed E-state index contributed by atoms with van der Waals surface area (Å²) < 4.78 is 10.6. The minimum absolute atomic E-state index is 0.278. The van der Waals surface area contributed by atoms with Gasteiger partial charge in [0.15, 0.2) is 5.82 Å². The molecule has 21 heavy (non-hydrogen) atoms. The molecule has 0 fully saturated rings. The Kier molecular flexibility index (Phi) is 7.22. The number of hydrogen-bond acceptors (Lipinski definition) is 6. The van der Waals surface area contributed by atoms with Crippen LogP contribution in [0.3, 0.4) is 0 Å². The molecule has 1 heterocycles. The van der Waals surface area contributed by atoms with E-state index in [0.717, 1.165) is 5.75 Å². The number of aromatic nitrogens is 2. The van der Waals surface area contributed by atoms with Gasteiger partial charge in [-0.2, -0.15) is 16.7 Å². The number of thioether (sulfide) groups is 1. The Morgan fingerprint density at radius 3 is 2.52 bits per heavy atom. The molecule has 0 N–H and O–H groups in total. The van der Waals surface area contributed by atoms with E-state index in [-0.39, 0.29) is 5.97 Å². The van der Waals surface area contributed by atoms with Crippen LogP contribution in [-0.2, 0) is 20.7 Å². The number of esters is 1. The molecule has 0 saturated carbocycles. The van der Waals surface area contributed by atoms with Gasteiger partial charge >= 0.3 is 5.97 Å². The molecular formula is C15H26N2O3S. The fourth-order valence-electron chi connectivity index (χ4n) is 2.09. The van der Waals surface area contributed by atoms with Crippen LogP contribution in [0.5, 0.6) is 0 Å². The van der Waals surface area contributed by atoms with Crippen LogP contribution >= 0.6 is 11.8 Å². The average Bonchev–Trinajstić information content (AvgIpc) is 2.90. The van der Waals surface area contributed by atoms with Gasteiger partial charge in [0.1, 0.15) is 5.41 Å². The van der Waals surface area contributed by atoms with Crippen molar-refractivity contribution in [2.75, 3.05) is 12.4 Å². The van der Waals surface area contributed by atoms with Gasteiger partial charge in [0.25, 0.3) is 0 Å². The predicted octanol–water partition coefficient (Wildman–Crippen LogP) is 3.58. The molecule has 0 amide bonds. The smallest absolute Gasteiger partial charge is 0.321 e. The van der Waals surface area contributed by atoms with Crippen molar-refractivity contribution in [3.8, 4) is 0 Å². The molecular weight excluding hydrogens is 288 g/mol. The summed E-state index contributed by atoms with van der Waals surface area (Å²) in [5, 5.41) is 4.00. The third kappa shape index (κ3) is 4.46. The highest BCUT2D eigenvalue weighted by Crippen LogP contribution is 2.32. The van der Waals surface area contributed by atoms with E-state index < -0.39 is 5.41 Å². The molecule has 0 unspecified atom stereocenters. The van der Waals surface area contributed by atoms with E-state index in [1.165, 1.54) is 0 Å². The number of nitrogens with zero attached hydrogens (tertiary/aromatic N) is 2. The molecule has 5 nitrogen and oxygen atoms in total. The first-order valence-electron chi connectivity index (χ1n) is 7.58. The highest BCUT2D eigenvalue weighted by atomic mass is 32.2.